The summed E-state index contributed by atoms with van der Waals surface area (Å²) >= 11 is 0. The van der Waals surface area contributed by atoms with Crippen molar-refractivity contribution in [3.8, 4) is 0 Å². The fraction of sp³-hybridized carbons (Fsp3) is 0.560. The molecule has 2 atom stereocenters. The van der Waals surface area contributed by atoms with Gasteiger partial charge in [0.2, 0.25) is 5.91 Å². The average molecular weight is 458 g/mol. The molecule has 2 aliphatic heterocycles. The van der Waals surface area contributed by atoms with Crippen LogP contribution in [0.4, 0.5) is 9.59 Å². The van der Waals surface area contributed by atoms with Crippen molar-refractivity contribution in [1.29, 1.82) is 0 Å². The highest BCUT2D eigenvalue weighted by atomic mass is 16.6. The molecule has 0 aromatic heterocycles. The summed E-state index contributed by atoms with van der Waals surface area (Å²) in [7, 11) is 0. The van der Waals surface area contributed by atoms with Crippen LogP contribution in [0.15, 0.2) is 36.4 Å². The summed E-state index contributed by atoms with van der Waals surface area (Å²) in [6.07, 6.45) is 4.83. The lowest BCUT2D eigenvalue weighted by molar-refractivity contribution is -0.136. The van der Waals surface area contributed by atoms with Crippen LogP contribution in [0.5, 0.6) is 0 Å². The summed E-state index contributed by atoms with van der Waals surface area (Å²) in [6, 6.07) is 6.90. The van der Waals surface area contributed by atoms with Gasteiger partial charge in [-0.25, -0.2) is 9.59 Å². The van der Waals surface area contributed by atoms with Gasteiger partial charge >= 0.3 is 12.2 Å². The molecule has 180 valence electrons. The van der Waals surface area contributed by atoms with E-state index >= 15 is 0 Å². The molecule has 1 fully saturated rings. The number of rotatable bonds is 4. The lowest BCUT2D eigenvalue weighted by Gasteiger charge is -2.40. The third-order valence-corrected chi connectivity index (χ3v) is 5.66. The topological polar surface area (TPSA) is 88.2 Å². The van der Waals surface area contributed by atoms with Crippen molar-refractivity contribution in [2.75, 3.05) is 19.6 Å². The minimum Gasteiger partial charge on any atom is -0.445 e. The van der Waals surface area contributed by atoms with E-state index in [1.807, 2.05) is 64.1 Å². The van der Waals surface area contributed by atoms with Gasteiger partial charge in [0.05, 0.1) is 0 Å². The summed E-state index contributed by atoms with van der Waals surface area (Å²) < 4.78 is 10.8. The molecule has 1 aromatic carbocycles. The molecule has 8 heteroatoms. The Hall–Kier alpha value is -3.03. The Bertz CT molecular complexity index is 892. The maximum atomic E-state index is 13.3. The van der Waals surface area contributed by atoms with Crippen LogP contribution in [0.3, 0.4) is 0 Å². The molecule has 0 aliphatic carbocycles. The van der Waals surface area contributed by atoms with Crippen LogP contribution in [-0.2, 0) is 20.9 Å². The zero-order valence-corrected chi connectivity index (χ0v) is 20.0. The fourth-order valence-corrected chi connectivity index (χ4v) is 4.10. The summed E-state index contributed by atoms with van der Waals surface area (Å²) in [5.74, 6) is -0.163. The number of piperidine rings is 1. The zero-order valence-electron chi connectivity index (χ0n) is 20.0. The van der Waals surface area contributed by atoms with Crippen LogP contribution in [0.1, 0.15) is 51.2 Å². The minimum absolute atomic E-state index is 0.130. The van der Waals surface area contributed by atoms with Crippen molar-refractivity contribution in [3.63, 3.8) is 0 Å². The number of carbonyl (C=O) groups is 3. The third-order valence-electron chi connectivity index (χ3n) is 5.66. The van der Waals surface area contributed by atoms with Crippen LogP contribution >= 0.6 is 0 Å². The van der Waals surface area contributed by atoms with Gasteiger partial charge in [0, 0.05) is 25.7 Å². The van der Waals surface area contributed by atoms with E-state index in [2.05, 4.69) is 5.32 Å². The molecule has 3 rings (SSSR count). The summed E-state index contributed by atoms with van der Waals surface area (Å²) in [5.41, 5.74) is 1.41. The summed E-state index contributed by atoms with van der Waals surface area (Å²) in [5, 5.41) is 2.72. The average Bonchev–Trinajstić information content (AvgIpc) is 2.93. The zero-order chi connectivity index (χ0) is 24.0. The van der Waals surface area contributed by atoms with Gasteiger partial charge in [-0.2, -0.15) is 0 Å². The van der Waals surface area contributed by atoms with Crippen LogP contribution in [0.2, 0.25) is 0 Å². The van der Waals surface area contributed by atoms with Crippen LogP contribution in [-0.4, -0.2) is 65.2 Å². The number of ether oxygens (including phenoxy) is 2. The van der Waals surface area contributed by atoms with Gasteiger partial charge < -0.3 is 24.6 Å². The number of alkyl carbamates (subject to hydrolysis) is 1. The van der Waals surface area contributed by atoms with Crippen LogP contribution < -0.4 is 5.32 Å². The van der Waals surface area contributed by atoms with Gasteiger partial charge in [-0.15, -0.1) is 0 Å². The number of hydrogen-bond acceptors (Lipinski definition) is 5. The number of carbonyl (C=O) groups excluding carboxylic acids is 3. The first kappa shape index (κ1) is 24.6. The van der Waals surface area contributed by atoms with Gasteiger partial charge in [0.1, 0.15) is 18.2 Å². The third kappa shape index (κ3) is 7.23. The van der Waals surface area contributed by atoms with E-state index in [-0.39, 0.29) is 24.6 Å². The maximum absolute atomic E-state index is 13.3. The molecular weight excluding hydrogens is 422 g/mol. The van der Waals surface area contributed by atoms with Gasteiger partial charge in [0.25, 0.3) is 0 Å². The van der Waals surface area contributed by atoms with Crippen molar-refractivity contribution in [1.82, 2.24) is 15.1 Å². The fourth-order valence-electron chi connectivity index (χ4n) is 4.10. The second-order valence-corrected chi connectivity index (χ2v) is 9.68. The van der Waals surface area contributed by atoms with Gasteiger partial charge in [0.15, 0.2) is 0 Å². The normalized spacial score (nSPS) is 21.4. The van der Waals surface area contributed by atoms with Crippen molar-refractivity contribution in [2.24, 2.45) is 0 Å². The van der Waals surface area contributed by atoms with Gasteiger partial charge in [-0.05, 0) is 52.5 Å². The summed E-state index contributed by atoms with van der Waals surface area (Å²) in [4.78, 5) is 41.6. The van der Waals surface area contributed by atoms with Crippen LogP contribution in [0.25, 0.3) is 0 Å². The van der Waals surface area contributed by atoms with Gasteiger partial charge in [-0.1, -0.05) is 42.0 Å². The molecule has 8 nitrogen and oxygen atoms in total. The monoisotopic (exact) mass is 457 g/mol. The Kier molecular flexibility index (Phi) is 8.00. The van der Waals surface area contributed by atoms with Gasteiger partial charge in [-0.3, -0.25) is 4.79 Å². The largest absolute Gasteiger partial charge is 0.445 e. The molecule has 0 radical (unpaired) electrons. The molecule has 1 saturated heterocycles. The molecule has 2 aliphatic rings. The number of nitrogens with one attached hydrogen (secondary N) is 1. The van der Waals surface area contributed by atoms with Crippen molar-refractivity contribution in [3.05, 3.63) is 47.5 Å². The number of amides is 3. The number of aryl methyl sites for hydroxylation is 1. The first-order valence-corrected chi connectivity index (χ1v) is 11.5. The lowest BCUT2D eigenvalue weighted by atomic mass is 10.0. The molecule has 1 N–H and O–H groups in total. The Morgan fingerprint density at radius 1 is 1.21 bits per heavy atom. The highest BCUT2D eigenvalue weighted by Crippen LogP contribution is 2.21. The van der Waals surface area contributed by atoms with E-state index < -0.39 is 17.7 Å². The quantitative estimate of drug-likeness (QED) is 0.695. The second-order valence-electron chi connectivity index (χ2n) is 9.68. The molecule has 0 saturated carbocycles. The van der Waals surface area contributed by atoms with E-state index in [4.69, 9.17) is 9.47 Å². The van der Waals surface area contributed by atoms with Crippen molar-refractivity contribution in [2.45, 2.75) is 71.2 Å². The molecular formula is C25H35N3O5. The minimum atomic E-state index is -0.703. The number of nitrogens with zero attached hydrogens (tertiary/aromatic N) is 2. The molecule has 1 aromatic rings. The first-order chi connectivity index (χ1) is 15.6. The molecule has 2 heterocycles. The van der Waals surface area contributed by atoms with Crippen molar-refractivity contribution >= 4 is 18.1 Å². The number of likely N-dealkylation sites (tertiary alicyclic amines) is 1. The summed E-state index contributed by atoms with van der Waals surface area (Å²) in [6.45, 7) is 9.10. The maximum Gasteiger partial charge on any atom is 0.410 e. The SMILES string of the molecule is Cc1cccc(COC(=O)N[C@@H]2CC=CCN([C@@H]3CCCN(C(=O)OC(C)(C)C)C3)C2=O)c1. The molecule has 0 bridgehead atoms. The Labute approximate surface area is 195 Å². The Morgan fingerprint density at radius 2 is 2.00 bits per heavy atom. The molecule has 33 heavy (non-hydrogen) atoms. The molecule has 3 amide bonds. The predicted octanol–water partition coefficient (Wildman–Crippen LogP) is 3.78. The lowest BCUT2D eigenvalue weighted by Crippen LogP contribution is -2.56. The number of benzene rings is 1. The second kappa shape index (κ2) is 10.7. The van der Waals surface area contributed by atoms with E-state index in [0.717, 1.165) is 24.0 Å². The first-order valence-electron chi connectivity index (χ1n) is 11.5. The van der Waals surface area contributed by atoms with E-state index in [9.17, 15) is 14.4 Å². The van der Waals surface area contributed by atoms with E-state index in [1.54, 1.807) is 9.80 Å². The standard InChI is InChI=1S/C25H35N3O5/c1-18-9-7-10-19(15-18)17-32-23(30)26-21-12-5-6-14-28(22(21)29)20-11-8-13-27(16-20)24(31)33-25(2,3)4/h5-7,9-10,15,20-21H,8,11-14,16-17H2,1-4H3,(H,26,30)/t20-,21-/m1/s1. The number of hydrogen-bond donors (Lipinski definition) is 1. The Morgan fingerprint density at radius 3 is 2.73 bits per heavy atom. The Balaban J connectivity index is 1.58. The smallest absolute Gasteiger partial charge is 0.410 e. The van der Waals surface area contributed by atoms with E-state index in [1.165, 1.54) is 0 Å². The molecule has 0 unspecified atom stereocenters. The molecule has 0 spiro atoms. The van der Waals surface area contributed by atoms with E-state index in [0.29, 0.717) is 26.1 Å². The predicted molar refractivity (Wildman–Crippen MR) is 125 cm³/mol. The highest BCUT2D eigenvalue weighted by Gasteiger charge is 2.35. The highest BCUT2D eigenvalue weighted by molar-refractivity contribution is 5.86. The van der Waals surface area contributed by atoms with Crippen LogP contribution in [0, 0.1) is 6.92 Å². The van der Waals surface area contributed by atoms with Crippen molar-refractivity contribution < 1.29 is 23.9 Å².